The molecule has 0 bridgehead atoms. The summed E-state index contributed by atoms with van der Waals surface area (Å²) in [5, 5.41) is 11.8. The Kier molecular flexibility index (Phi) is 6.57. The third-order valence-electron chi connectivity index (χ3n) is 4.41. The molecule has 1 saturated carbocycles. The van der Waals surface area contributed by atoms with Gasteiger partial charge in [-0.1, -0.05) is 17.7 Å². The number of amides is 1. The van der Waals surface area contributed by atoms with E-state index in [0.29, 0.717) is 12.8 Å². The number of nitriles is 1. The summed E-state index contributed by atoms with van der Waals surface area (Å²) >= 11 is 0. The summed E-state index contributed by atoms with van der Waals surface area (Å²) in [4.78, 5) is 24.0. The number of ether oxygens (including phenoxy) is 1. The van der Waals surface area contributed by atoms with Gasteiger partial charge in [0.1, 0.15) is 11.6 Å². The van der Waals surface area contributed by atoms with Crippen LogP contribution in [0.2, 0.25) is 0 Å². The van der Waals surface area contributed by atoms with E-state index in [1.807, 2.05) is 6.92 Å². The average molecular weight is 393 g/mol. The second-order valence-corrected chi connectivity index (χ2v) is 8.43. The van der Waals surface area contributed by atoms with E-state index in [9.17, 15) is 23.3 Å². The molecule has 2 rings (SSSR count). The molecule has 1 aliphatic rings. The maximum Gasteiger partial charge on any atom is 0.324 e. The molecule has 146 valence electrons. The number of aryl methyl sites for hydroxylation is 1. The molecule has 0 aromatic heterocycles. The lowest BCUT2D eigenvalue weighted by atomic mass is 10.00. The first-order valence-corrected chi connectivity index (χ1v) is 10.1. The number of nitrogens with zero attached hydrogens (tertiary/aromatic N) is 1. The van der Waals surface area contributed by atoms with E-state index in [-0.39, 0.29) is 4.90 Å². The Morgan fingerprint density at radius 1 is 1.26 bits per heavy atom. The predicted molar refractivity (Wildman–Crippen MR) is 96.9 cm³/mol. The maximum atomic E-state index is 12.3. The van der Waals surface area contributed by atoms with Crippen molar-refractivity contribution in [3.8, 4) is 6.07 Å². The van der Waals surface area contributed by atoms with Crippen molar-refractivity contribution in [3.63, 3.8) is 0 Å². The Morgan fingerprint density at radius 3 is 2.41 bits per heavy atom. The summed E-state index contributed by atoms with van der Waals surface area (Å²) in [5.74, 6) is -1.46. The fourth-order valence-corrected chi connectivity index (χ4v) is 4.07. The molecule has 8 nitrogen and oxygen atoms in total. The van der Waals surface area contributed by atoms with Gasteiger partial charge in [0.25, 0.3) is 5.91 Å². The van der Waals surface area contributed by atoms with Crippen molar-refractivity contribution in [2.24, 2.45) is 0 Å². The van der Waals surface area contributed by atoms with Gasteiger partial charge in [0.05, 0.1) is 11.0 Å². The van der Waals surface area contributed by atoms with Crippen molar-refractivity contribution in [1.29, 1.82) is 5.26 Å². The molecule has 1 atom stereocenters. The average Bonchev–Trinajstić information content (AvgIpc) is 3.08. The first-order chi connectivity index (χ1) is 12.7. The van der Waals surface area contributed by atoms with Crippen molar-refractivity contribution in [1.82, 2.24) is 10.0 Å². The van der Waals surface area contributed by atoms with E-state index in [0.717, 1.165) is 18.4 Å². The molecular formula is C18H23N3O5S. The highest BCUT2D eigenvalue weighted by Gasteiger charge is 2.35. The molecule has 1 aromatic carbocycles. The van der Waals surface area contributed by atoms with Gasteiger partial charge in [-0.25, -0.2) is 8.42 Å². The minimum absolute atomic E-state index is 0.0303. The van der Waals surface area contributed by atoms with E-state index < -0.39 is 40.1 Å². The van der Waals surface area contributed by atoms with Gasteiger partial charge in [-0.3, -0.25) is 9.59 Å². The van der Waals surface area contributed by atoms with Gasteiger partial charge in [-0.2, -0.15) is 9.98 Å². The van der Waals surface area contributed by atoms with Gasteiger partial charge >= 0.3 is 5.97 Å². The lowest BCUT2D eigenvalue weighted by Crippen LogP contribution is -2.47. The quantitative estimate of drug-likeness (QED) is 0.670. The monoisotopic (exact) mass is 393 g/mol. The summed E-state index contributed by atoms with van der Waals surface area (Å²) in [5.41, 5.74) is 0.00659. The molecule has 9 heteroatoms. The molecule has 0 saturated heterocycles. The fraction of sp³-hybridized carbons (Fsp3) is 0.500. The Balaban J connectivity index is 1.87. The van der Waals surface area contributed by atoms with Crippen molar-refractivity contribution in [2.75, 3.05) is 6.61 Å². The van der Waals surface area contributed by atoms with Crippen molar-refractivity contribution >= 4 is 21.9 Å². The molecule has 1 aliphatic carbocycles. The van der Waals surface area contributed by atoms with Crippen molar-refractivity contribution < 1.29 is 22.7 Å². The zero-order valence-electron chi connectivity index (χ0n) is 15.3. The van der Waals surface area contributed by atoms with Crippen LogP contribution in [-0.2, 0) is 24.3 Å². The predicted octanol–water partition coefficient (Wildman–Crippen LogP) is 1.16. The Morgan fingerprint density at radius 2 is 1.85 bits per heavy atom. The number of esters is 1. The lowest BCUT2D eigenvalue weighted by molar-refractivity contribution is -0.150. The van der Waals surface area contributed by atoms with E-state index >= 15 is 0 Å². The molecule has 0 radical (unpaired) electrons. The molecule has 1 fully saturated rings. The van der Waals surface area contributed by atoms with E-state index in [1.165, 1.54) is 19.1 Å². The fourth-order valence-electron chi connectivity index (χ4n) is 2.87. The van der Waals surface area contributed by atoms with E-state index in [2.05, 4.69) is 16.1 Å². The zero-order valence-corrected chi connectivity index (χ0v) is 16.1. The van der Waals surface area contributed by atoms with Crippen LogP contribution in [0.4, 0.5) is 0 Å². The summed E-state index contributed by atoms with van der Waals surface area (Å²) in [6.07, 6.45) is 2.84. The molecule has 1 aromatic rings. The zero-order chi connectivity index (χ0) is 20.1. The molecule has 0 spiro atoms. The minimum atomic E-state index is -3.89. The molecule has 0 unspecified atom stereocenters. The normalized spacial score (nSPS) is 16.9. The third-order valence-corrected chi connectivity index (χ3v) is 5.97. The van der Waals surface area contributed by atoms with Crippen molar-refractivity contribution in [2.45, 2.75) is 56.0 Å². The maximum absolute atomic E-state index is 12.3. The number of carbonyl (C=O) groups excluding carboxylic acids is 2. The second kappa shape index (κ2) is 8.50. The second-order valence-electron chi connectivity index (χ2n) is 6.71. The molecule has 0 aliphatic heterocycles. The number of sulfonamides is 1. The highest BCUT2D eigenvalue weighted by Crippen LogP contribution is 2.28. The molecule has 2 N–H and O–H groups in total. The number of benzene rings is 1. The number of nitrogens with one attached hydrogen (secondary N) is 2. The minimum Gasteiger partial charge on any atom is -0.454 e. The van der Waals surface area contributed by atoms with Crippen molar-refractivity contribution in [3.05, 3.63) is 29.8 Å². The van der Waals surface area contributed by atoms with Crippen LogP contribution in [0.1, 0.15) is 38.2 Å². The first kappa shape index (κ1) is 20.9. The SMILES string of the molecule is Cc1ccc(S(=O)(=O)N[C@@H](C)C(=O)OCC(=O)NC2(C#N)CCCC2)cc1. The smallest absolute Gasteiger partial charge is 0.324 e. The van der Waals surface area contributed by atoms with Crippen LogP contribution in [0.3, 0.4) is 0 Å². The lowest BCUT2D eigenvalue weighted by Gasteiger charge is -2.22. The summed E-state index contributed by atoms with van der Waals surface area (Å²) in [7, 11) is -3.89. The standard InChI is InChI=1S/C18H23N3O5S/c1-13-5-7-15(8-6-13)27(24,25)21-14(2)17(23)26-11-16(22)20-18(12-19)9-3-4-10-18/h5-8,14,21H,3-4,9-11H2,1-2H3,(H,20,22)/t14-/m0/s1. The largest absolute Gasteiger partial charge is 0.454 e. The topological polar surface area (TPSA) is 125 Å². The number of hydrogen-bond acceptors (Lipinski definition) is 6. The molecular weight excluding hydrogens is 370 g/mol. The van der Waals surface area contributed by atoms with Crippen LogP contribution in [0.5, 0.6) is 0 Å². The first-order valence-electron chi connectivity index (χ1n) is 8.65. The summed E-state index contributed by atoms with van der Waals surface area (Å²) in [6, 6.07) is 7.11. The number of hydrogen-bond donors (Lipinski definition) is 2. The highest BCUT2D eigenvalue weighted by atomic mass is 32.2. The van der Waals surface area contributed by atoms with Crippen LogP contribution >= 0.6 is 0 Å². The summed E-state index contributed by atoms with van der Waals surface area (Å²) < 4.78 is 31.6. The third kappa shape index (κ3) is 5.52. The molecule has 0 heterocycles. The van der Waals surface area contributed by atoms with E-state index in [4.69, 9.17) is 4.74 Å². The highest BCUT2D eigenvalue weighted by molar-refractivity contribution is 7.89. The van der Waals surface area contributed by atoms with Gasteiger partial charge in [0.2, 0.25) is 10.0 Å². The summed E-state index contributed by atoms with van der Waals surface area (Å²) in [6.45, 7) is 2.59. The van der Waals surface area contributed by atoms with Crippen LogP contribution in [0.15, 0.2) is 29.2 Å². The Hall–Kier alpha value is -2.44. The van der Waals surface area contributed by atoms with Gasteiger partial charge in [-0.15, -0.1) is 0 Å². The van der Waals surface area contributed by atoms with Crippen LogP contribution < -0.4 is 10.0 Å². The Labute approximate surface area is 158 Å². The van der Waals surface area contributed by atoms with Gasteiger partial charge in [-0.05, 0) is 51.7 Å². The number of rotatable bonds is 7. The van der Waals surface area contributed by atoms with Gasteiger partial charge < -0.3 is 10.1 Å². The molecule has 27 heavy (non-hydrogen) atoms. The van der Waals surface area contributed by atoms with E-state index in [1.54, 1.807) is 12.1 Å². The van der Waals surface area contributed by atoms with Crippen LogP contribution in [-0.4, -0.2) is 38.5 Å². The van der Waals surface area contributed by atoms with Crippen LogP contribution in [0.25, 0.3) is 0 Å². The Bertz CT molecular complexity index is 837. The van der Waals surface area contributed by atoms with Crippen LogP contribution in [0, 0.1) is 18.3 Å². The van der Waals surface area contributed by atoms with Gasteiger partial charge in [0.15, 0.2) is 6.61 Å². The molecule has 1 amide bonds. The number of carbonyl (C=O) groups is 2. The van der Waals surface area contributed by atoms with Gasteiger partial charge in [0, 0.05) is 0 Å².